The fraction of sp³-hybridized carbons (Fsp3) is 0.529. The summed E-state index contributed by atoms with van der Waals surface area (Å²) in [7, 11) is 0. The summed E-state index contributed by atoms with van der Waals surface area (Å²) in [5, 5.41) is 0. The van der Waals surface area contributed by atoms with Gasteiger partial charge in [-0.2, -0.15) is 0 Å². The van der Waals surface area contributed by atoms with Gasteiger partial charge < -0.3 is 0 Å². The topological polar surface area (TPSA) is 24.7 Å². The summed E-state index contributed by atoms with van der Waals surface area (Å²) in [5.41, 5.74) is 2.53. The van der Waals surface area contributed by atoms with Gasteiger partial charge in [0.2, 0.25) is 0 Å². The molecule has 0 fully saturated rings. The second-order valence-corrected chi connectivity index (χ2v) is 9.78. The van der Waals surface area contributed by atoms with E-state index in [4.69, 9.17) is 0 Å². The third kappa shape index (κ3) is 16.1. The van der Waals surface area contributed by atoms with Crippen LogP contribution in [0, 0.1) is 11.8 Å². The van der Waals surface area contributed by atoms with Crippen molar-refractivity contribution in [2.24, 2.45) is 9.98 Å². The van der Waals surface area contributed by atoms with Gasteiger partial charge in [0.15, 0.2) is 0 Å². The molecule has 2 nitrogen and oxygen atoms in total. The van der Waals surface area contributed by atoms with Crippen molar-refractivity contribution in [3.05, 3.63) is 60.7 Å². The van der Waals surface area contributed by atoms with Crippen molar-refractivity contribution in [2.75, 3.05) is 0 Å². The van der Waals surface area contributed by atoms with Crippen molar-refractivity contribution < 1.29 is 0 Å². The highest BCUT2D eigenvalue weighted by Gasteiger charge is 1.96. The van der Waals surface area contributed by atoms with Crippen LogP contribution in [0.1, 0.15) is 116 Å². The van der Waals surface area contributed by atoms with E-state index in [0.29, 0.717) is 5.71 Å². The maximum Gasteiger partial charge on any atom is 0.132 e. The fourth-order valence-corrected chi connectivity index (χ4v) is 4.29. The largest absolute Gasteiger partial charge is 0.254 e. The van der Waals surface area contributed by atoms with Crippen LogP contribution >= 0.6 is 0 Å². The summed E-state index contributed by atoms with van der Waals surface area (Å²) >= 11 is 0. The van der Waals surface area contributed by atoms with Crippen LogP contribution in [0.3, 0.4) is 0 Å². The number of aliphatic imine (C=N–C) groups is 2. The molecule has 2 aromatic carbocycles. The van der Waals surface area contributed by atoms with Crippen molar-refractivity contribution in [2.45, 2.75) is 116 Å². The molecular weight excluding hydrogens is 436 g/mol. The lowest BCUT2D eigenvalue weighted by Gasteiger charge is -2.03. The van der Waals surface area contributed by atoms with Crippen molar-refractivity contribution >= 4 is 23.3 Å². The van der Waals surface area contributed by atoms with E-state index in [1.165, 1.54) is 103 Å². The lowest BCUT2D eigenvalue weighted by Crippen LogP contribution is -1.95. The molecular formula is C34H48N2. The molecule has 0 N–H and O–H groups in total. The molecule has 0 atom stereocenters. The van der Waals surface area contributed by atoms with Gasteiger partial charge in [-0.1, -0.05) is 146 Å². The molecule has 0 aliphatic carbocycles. The molecule has 0 saturated heterocycles. The van der Waals surface area contributed by atoms with E-state index in [9.17, 15) is 0 Å². The molecule has 0 bridgehead atoms. The number of rotatable bonds is 19. The highest BCUT2D eigenvalue weighted by molar-refractivity contribution is 6.39. The Labute approximate surface area is 221 Å². The zero-order chi connectivity index (χ0) is 25.4. The Hall–Kier alpha value is -2.66. The molecule has 0 spiro atoms. The molecule has 0 saturated carbocycles. The Morgan fingerprint density at radius 3 is 1.53 bits per heavy atom. The van der Waals surface area contributed by atoms with Crippen LogP contribution in [0.25, 0.3) is 0 Å². The Bertz CT molecular complexity index is 887. The average molecular weight is 485 g/mol. The van der Waals surface area contributed by atoms with E-state index in [-0.39, 0.29) is 0 Å². The van der Waals surface area contributed by atoms with E-state index in [2.05, 4.69) is 28.7 Å². The van der Waals surface area contributed by atoms with Gasteiger partial charge in [-0.05, 0) is 36.6 Å². The van der Waals surface area contributed by atoms with Crippen molar-refractivity contribution in [3.63, 3.8) is 0 Å². The number of benzene rings is 2. The van der Waals surface area contributed by atoms with Gasteiger partial charge in [-0.25, -0.2) is 4.99 Å². The first-order chi connectivity index (χ1) is 17.9. The van der Waals surface area contributed by atoms with E-state index in [1.807, 2.05) is 60.7 Å². The normalized spacial score (nSPS) is 11.5. The first kappa shape index (κ1) is 29.6. The minimum atomic E-state index is 0.710. The highest BCUT2D eigenvalue weighted by atomic mass is 14.8. The van der Waals surface area contributed by atoms with E-state index in [0.717, 1.165) is 17.8 Å². The van der Waals surface area contributed by atoms with E-state index < -0.39 is 0 Å². The van der Waals surface area contributed by atoms with Crippen LogP contribution in [0.5, 0.6) is 0 Å². The average Bonchev–Trinajstić information content (AvgIpc) is 2.92. The smallest absolute Gasteiger partial charge is 0.132 e. The number of nitrogens with zero attached hydrogens (tertiary/aromatic N) is 2. The zero-order valence-corrected chi connectivity index (χ0v) is 22.8. The Kier molecular flexibility index (Phi) is 17.7. The summed E-state index contributed by atoms with van der Waals surface area (Å²) in [5.74, 6) is 6.56. The minimum Gasteiger partial charge on any atom is -0.254 e. The van der Waals surface area contributed by atoms with Gasteiger partial charge in [0.1, 0.15) is 5.71 Å². The third-order valence-corrected chi connectivity index (χ3v) is 6.47. The summed E-state index contributed by atoms with van der Waals surface area (Å²) < 4.78 is 0. The van der Waals surface area contributed by atoms with Crippen LogP contribution in [-0.4, -0.2) is 11.9 Å². The van der Waals surface area contributed by atoms with E-state index >= 15 is 0 Å². The number of para-hydroxylation sites is 2. The van der Waals surface area contributed by atoms with Gasteiger partial charge >= 0.3 is 0 Å². The van der Waals surface area contributed by atoms with Crippen molar-refractivity contribution in [1.29, 1.82) is 0 Å². The zero-order valence-electron chi connectivity index (χ0n) is 22.8. The summed E-state index contributed by atoms with van der Waals surface area (Å²) in [6.07, 6.45) is 25.0. The first-order valence-corrected chi connectivity index (χ1v) is 14.6. The Balaban J connectivity index is 1.54. The molecule has 0 unspecified atom stereocenters. The molecule has 194 valence electrons. The summed E-state index contributed by atoms with van der Waals surface area (Å²) in [6, 6.07) is 19.9. The number of unbranched alkanes of at least 4 members (excludes halogenated alkanes) is 16. The van der Waals surface area contributed by atoms with Crippen LogP contribution in [0.2, 0.25) is 0 Å². The van der Waals surface area contributed by atoms with Crippen molar-refractivity contribution in [1.82, 2.24) is 0 Å². The van der Waals surface area contributed by atoms with Gasteiger partial charge in [0, 0.05) is 6.42 Å². The van der Waals surface area contributed by atoms with Gasteiger partial charge in [-0.15, -0.1) is 0 Å². The molecule has 0 radical (unpaired) electrons. The lowest BCUT2D eigenvalue weighted by molar-refractivity contribution is 0.530. The molecule has 0 aromatic heterocycles. The van der Waals surface area contributed by atoms with Crippen molar-refractivity contribution in [3.8, 4) is 11.8 Å². The first-order valence-electron chi connectivity index (χ1n) is 14.6. The molecule has 0 amide bonds. The summed E-state index contributed by atoms with van der Waals surface area (Å²) in [6.45, 7) is 2.29. The van der Waals surface area contributed by atoms with Crippen LogP contribution in [-0.2, 0) is 0 Å². The monoisotopic (exact) mass is 484 g/mol. The molecule has 2 rings (SSSR count). The van der Waals surface area contributed by atoms with Crippen LogP contribution in [0.15, 0.2) is 70.6 Å². The minimum absolute atomic E-state index is 0.710. The fourth-order valence-electron chi connectivity index (χ4n) is 4.29. The molecule has 2 aromatic rings. The second-order valence-electron chi connectivity index (χ2n) is 9.78. The Morgan fingerprint density at radius 1 is 0.583 bits per heavy atom. The predicted octanol–water partition coefficient (Wildman–Crippen LogP) is 10.8. The Morgan fingerprint density at radius 2 is 1.03 bits per heavy atom. The van der Waals surface area contributed by atoms with Crippen LogP contribution < -0.4 is 0 Å². The second kappa shape index (κ2) is 21.6. The maximum absolute atomic E-state index is 4.68. The van der Waals surface area contributed by atoms with Gasteiger partial charge in [0.25, 0.3) is 0 Å². The molecule has 0 aliphatic heterocycles. The number of hydrogen-bond donors (Lipinski definition) is 0. The molecule has 0 heterocycles. The van der Waals surface area contributed by atoms with E-state index in [1.54, 1.807) is 6.21 Å². The number of hydrogen-bond acceptors (Lipinski definition) is 2. The quantitative estimate of drug-likeness (QED) is 0.108. The summed E-state index contributed by atoms with van der Waals surface area (Å²) in [4.78, 5) is 9.22. The third-order valence-electron chi connectivity index (χ3n) is 6.47. The van der Waals surface area contributed by atoms with Gasteiger partial charge in [-0.3, -0.25) is 4.99 Å². The highest BCUT2D eigenvalue weighted by Crippen LogP contribution is 2.14. The van der Waals surface area contributed by atoms with Gasteiger partial charge in [0.05, 0.1) is 17.6 Å². The molecule has 0 aliphatic rings. The molecule has 2 heteroatoms. The van der Waals surface area contributed by atoms with Crippen LogP contribution in [0.4, 0.5) is 11.4 Å². The lowest BCUT2D eigenvalue weighted by atomic mass is 10.0. The predicted molar refractivity (Wildman–Crippen MR) is 160 cm³/mol. The maximum atomic E-state index is 4.68. The SMILES string of the molecule is CCCCCCCCCCCCCCCCCCC#CC(C=Nc1ccccc1)=Nc1ccccc1. The molecule has 36 heavy (non-hydrogen) atoms. The standard InChI is InChI=1S/C34H48N2/c1-2-3-4-5-6-7-8-9-10-11-12-13-14-15-16-17-18-21-30-34(36-33-28-24-20-25-29-33)31-35-32-26-22-19-23-27-32/h19-20,22-29,31H,2-18H2,1H3.